The summed E-state index contributed by atoms with van der Waals surface area (Å²) in [6.45, 7) is 1.72. The number of nitrogens with one attached hydrogen (secondary N) is 2. The number of unbranched alkanes of at least 4 members (excludes halogenated alkanes) is 1. The third-order valence-electron chi connectivity index (χ3n) is 4.11. The second kappa shape index (κ2) is 7.74. The minimum atomic E-state index is 0.817. The zero-order valence-electron chi connectivity index (χ0n) is 14.4. The molecule has 26 heavy (non-hydrogen) atoms. The third kappa shape index (κ3) is 3.85. The first-order valence-corrected chi connectivity index (χ1v) is 8.80. The average Bonchev–Trinajstić information content (AvgIpc) is 2.70. The molecule has 0 atom stereocenters. The van der Waals surface area contributed by atoms with Crippen LogP contribution in [-0.4, -0.2) is 33.0 Å². The fraction of sp³-hybridized carbons (Fsp3) is 0.200. The Morgan fingerprint density at radius 2 is 1.00 bits per heavy atom. The molecule has 2 N–H and O–H groups in total. The molecule has 0 radical (unpaired) electrons. The van der Waals surface area contributed by atoms with Gasteiger partial charge in [-0.05, 0) is 37.1 Å². The van der Waals surface area contributed by atoms with Crippen molar-refractivity contribution in [2.45, 2.75) is 12.8 Å². The maximum absolute atomic E-state index is 4.56. The summed E-state index contributed by atoms with van der Waals surface area (Å²) >= 11 is 0. The highest BCUT2D eigenvalue weighted by molar-refractivity contribution is 5.75. The highest BCUT2D eigenvalue weighted by atomic mass is 15.0. The largest absolute Gasteiger partial charge is 0.369 e. The van der Waals surface area contributed by atoms with E-state index in [2.05, 4.69) is 30.6 Å². The number of aromatic nitrogens is 4. The molecule has 130 valence electrons. The van der Waals surface area contributed by atoms with Crippen molar-refractivity contribution in [3.63, 3.8) is 0 Å². The van der Waals surface area contributed by atoms with E-state index in [9.17, 15) is 0 Å². The van der Waals surface area contributed by atoms with Crippen molar-refractivity contribution < 1.29 is 0 Å². The Labute approximate surface area is 151 Å². The van der Waals surface area contributed by atoms with Crippen LogP contribution in [0.25, 0.3) is 22.1 Å². The van der Waals surface area contributed by atoms with Crippen LogP contribution in [0, 0.1) is 0 Å². The van der Waals surface area contributed by atoms with Gasteiger partial charge in [0.15, 0.2) is 0 Å². The zero-order chi connectivity index (χ0) is 17.6. The number of para-hydroxylation sites is 4. The minimum absolute atomic E-state index is 0.817. The Bertz CT molecular complexity index is 934. The SMILES string of the molecule is c1ccc2nc(NCCCCNc3cnc4ccccc4n3)cnc2c1. The van der Waals surface area contributed by atoms with Gasteiger partial charge in [0.1, 0.15) is 11.6 Å². The van der Waals surface area contributed by atoms with E-state index in [0.717, 1.165) is 59.6 Å². The van der Waals surface area contributed by atoms with E-state index in [-0.39, 0.29) is 0 Å². The Morgan fingerprint density at radius 3 is 1.46 bits per heavy atom. The molecule has 6 heteroatoms. The van der Waals surface area contributed by atoms with Crippen LogP contribution in [0.15, 0.2) is 60.9 Å². The Morgan fingerprint density at radius 1 is 0.577 bits per heavy atom. The van der Waals surface area contributed by atoms with Gasteiger partial charge in [-0.3, -0.25) is 9.97 Å². The number of rotatable bonds is 7. The summed E-state index contributed by atoms with van der Waals surface area (Å²) in [6, 6.07) is 15.8. The van der Waals surface area contributed by atoms with E-state index in [1.807, 2.05) is 48.5 Å². The molecule has 4 rings (SSSR count). The minimum Gasteiger partial charge on any atom is -0.369 e. The van der Waals surface area contributed by atoms with Gasteiger partial charge in [0.25, 0.3) is 0 Å². The molecule has 0 amide bonds. The Hall–Kier alpha value is -3.28. The van der Waals surface area contributed by atoms with Gasteiger partial charge >= 0.3 is 0 Å². The van der Waals surface area contributed by atoms with Crippen LogP contribution >= 0.6 is 0 Å². The smallest absolute Gasteiger partial charge is 0.145 e. The molecule has 0 fully saturated rings. The second-order valence-corrected chi connectivity index (χ2v) is 6.05. The normalized spacial score (nSPS) is 10.9. The fourth-order valence-electron chi connectivity index (χ4n) is 2.77. The van der Waals surface area contributed by atoms with Crippen LogP contribution < -0.4 is 10.6 Å². The molecule has 0 spiro atoms. The van der Waals surface area contributed by atoms with Crippen LogP contribution in [0.4, 0.5) is 11.6 Å². The van der Waals surface area contributed by atoms with Gasteiger partial charge in [-0.1, -0.05) is 24.3 Å². The summed E-state index contributed by atoms with van der Waals surface area (Å²) in [4.78, 5) is 17.9. The predicted molar refractivity (Wildman–Crippen MR) is 105 cm³/mol. The first kappa shape index (κ1) is 16.2. The topological polar surface area (TPSA) is 75.6 Å². The van der Waals surface area contributed by atoms with Gasteiger partial charge in [-0.25, -0.2) is 9.97 Å². The standard InChI is InChI=1S/C20H20N6/c1-3-9-17-15(7-1)23-13-19(25-17)21-11-5-6-12-22-20-14-24-16-8-2-4-10-18(16)26-20/h1-4,7-10,13-14H,5-6,11-12H2,(H,21,25)(H,22,26). The summed E-state index contributed by atoms with van der Waals surface area (Å²) in [6.07, 6.45) is 5.63. The third-order valence-corrected chi connectivity index (χ3v) is 4.11. The number of anilines is 2. The van der Waals surface area contributed by atoms with Crippen molar-refractivity contribution in [1.82, 2.24) is 19.9 Å². The molecule has 0 aliphatic heterocycles. The summed E-state index contributed by atoms with van der Waals surface area (Å²) in [5.41, 5.74) is 3.65. The van der Waals surface area contributed by atoms with Crippen LogP contribution in [0.5, 0.6) is 0 Å². The molecular formula is C20H20N6. The molecule has 0 saturated heterocycles. The van der Waals surface area contributed by atoms with Gasteiger partial charge in [0.2, 0.25) is 0 Å². The lowest BCUT2D eigenvalue weighted by Gasteiger charge is -2.08. The molecule has 4 aromatic rings. The highest BCUT2D eigenvalue weighted by Gasteiger charge is 2.00. The van der Waals surface area contributed by atoms with E-state index >= 15 is 0 Å². The monoisotopic (exact) mass is 344 g/mol. The van der Waals surface area contributed by atoms with Gasteiger partial charge in [0.05, 0.1) is 34.5 Å². The lowest BCUT2D eigenvalue weighted by atomic mass is 10.3. The summed E-state index contributed by atoms with van der Waals surface area (Å²) < 4.78 is 0. The van der Waals surface area contributed by atoms with Gasteiger partial charge in [-0.15, -0.1) is 0 Å². The summed E-state index contributed by atoms with van der Waals surface area (Å²) in [5.74, 6) is 1.63. The van der Waals surface area contributed by atoms with E-state index in [4.69, 9.17) is 0 Å². The number of hydrogen-bond donors (Lipinski definition) is 2. The average molecular weight is 344 g/mol. The molecular weight excluding hydrogens is 324 g/mol. The van der Waals surface area contributed by atoms with Crippen molar-refractivity contribution in [2.75, 3.05) is 23.7 Å². The van der Waals surface area contributed by atoms with Crippen LogP contribution in [0.2, 0.25) is 0 Å². The van der Waals surface area contributed by atoms with Crippen LogP contribution in [0.1, 0.15) is 12.8 Å². The summed E-state index contributed by atoms with van der Waals surface area (Å²) in [7, 11) is 0. The molecule has 6 nitrogen and oxygen atoms in total. The molecule has 0 bridgehead atoms. The molecule has 2 aromatic carbocycles. The quantitative estimate of drug-likeness (QED) is 0.496. The Balaban J connectivity index is 1.22. The lowest BCUT2D eigenvalue weighted by molar-refractivity contribution is 0.791. The molecule has 0 saturated carbocycles. The van der Waals surface area contributed by atoms with Crippen molar-refractivity contribution in [3.05, 3.63) is 60.9 Å². The van der Waals surface area contributed by atoms with Crippen LogP contribution in [0.3, 0.4) is 0 Å². The zero-order valence-corrected chi connectivity index (χ0v) is 14.4. The number of fused-ring (bicyclic) bond motifs is 2. The molecule has 0 aliphatic carbocycles. The Kier molecular flexibility index (Phi) is 4.82. The second-order valence-electron chi connectivity index (χ2n) is 6.05. The van der Waals surface area contributed by atoms with Crippen LogP contribution in [-0.2, 0) is 0 Å². The maximum Gasteiger partial charge on any atom is 0.145 e. The van der Waals surface area contributed by atoms with E-state index < -0.39 is 0 Å². The number of nitrogens with zero attached hydrogens (tertiary/aromatic N) is 4. The summed E-state index contributed by atoms with van der Waals surface area (Å²) in [5, 5.41) is 6.66. The highest BCUT2D eigenvalue weighted by Crippen LogP contribution is 2.12. The van der Waals surface area contributed by atoms with Crippen molar-refractivity contribution in [1.29, 1.82) is 0 Å². The van der Waals surface area contributed by atoms with E-state index in [1.54, 1.807) is 12.4 Å². The molecule has 2 heterocycles. The van der Waals surface area contributed by atoms with Crippen molar-refractivity contribution >= 4 is 33.7 Å². The predicted octanol–water partition coefficient (Wildman–Crippen LogP) is 3.88. The van der Waals surface area contributed by atoms with E-state index in [0.29, 0.717) is 0 Å². The van der Waals surface area contributed by atoms with Gasteiger partial charge in [-0.2, -0.15) is 0 Å². The van der Waals surface area contributed by atoms with Crippen molar-refractivity contribution in [3.8, 4) is 0 Å². The first-order valence-electron chi connectivity index (χ1n) is 8.80. The maximum atomic E-state index is 4.56. The number of benzene rings is 2. The lowest BCUT2D eigenvalue weighted by Crippen LogP contribution is -2.08. The molecule has 2 aromatic heterocycles. The first-order chi connectivity index (χ1) is 12.9. The van der Waals surface area contributed by atoms with E-state index in [1.165, 1.54) is 0 Å². The van der Waals surface area contributed by atoms with Gasteiger partial charge < -0.3 is 10.6 Å². The van der Waals surface area contributed by atoms with Crippen molar-refractivity contribution in [2.24, 2.45) is 0 Å². The number of hydrogen-bond acceptors (Lipinski definition) is 6. The molecule has 0 unspecified atom stereocenters. The molecule has 0 aliphatic rings. The fourth-order valence-corrected chi connectivity index (χ4v) is 2.77. The van der Waals surface area contributed by atoms with Gasteiger partial charge in [0, 0.05) is 13.1 Å².